The Morgan fingerprint density at radius 2 is 1.81 bits per heavy atom. The van der Waals surface area contributed by atoms with Gasteiger partial charge in [-0.1, -0.05) is 31.7 Å². The lowest BCUT2D eigenvalue weighted by Gasteiger charge is -2.37. The molecular formula is C17H24F2O2. The maximum absolute atomic E-state index is 13.3. The minimum atomic E-state index is -0.869. The molecule has 2 nitrogen and oxygen atoms in total. The Kier molecular flexibility index (Phi) is 5.71. The van der Waals surface area contributed by atoms with Gasteiger partial charge < -0.3 is 9.84 Å². The zero-order valence-corrected chi connectivity index (χ0v) is 12.6. The number of aliphatic hydroxyl groups is 1. The number of hydrogen-bond donors (Lipinski definition) is 1. The van der Waals surface area contributed by atoms with E-state index in [0.717, 1.165) is 50.7 Å². The van der Waals surface area contributed by atoms with Crippen LogP contribution in [0, 0.1) is 11.6 Å². The molecule has 1 fully saturated rings. The third-order valence-corrected chi connectivity index (χ3v) is 4.40. The molecule has 21 heavy (non-hydrogen) atoms. The van der Waals surface area contributed by atoms with E-state index >= 15 is 0 Å². The first-order valence-electron chi connectivity index (χ1n) is 7.83. The topological polar surface area (TPSA) is 29.5 Å². The van der Waals surface area contributed by atoms with Gasteiger partial charge in [0.2, 0.25) is 0 Å². The summed E-state index contributed by atoms with van der Waals surface area (Å²) < 4.78 is 32.2. The van der Waals surface area contributed by atoms with Crippen molar-refractivity contribution in [2.45, 2.75) is 63.6 Å². The Bertz CT molecular complexity index is 454. The summed E-state index contributed by atoms with van der Waals surface area (Å²) in [5, 5.41) is 10.7. The molecule has 118 valence electrons. The molecule has 0 saturated heterocycles. The number of halogens is 2. The van der Waals surface area contributed by atoms with Crippen LogP contribution >= 0.6 is 0 Å². The highest BCUT2D eigenvalue weighted by molar-refractivity contribution is 5.19. The Labute approximate surface area is 125 Å². The van der Waals surface area contributed by atoms with Gasteiger partial charge in [-0.2, -0.15) is 0 Å². The van der Waals surface area contributed by atoms with Crippen LogP contribution in [0.25, 0.3) is 0 Å². The lowest BCUT2D eigenvalue weighted by Crippen LogP contribution is -2.46. The number of rotatable bonds is 5. The van der Waals surface area contributed by atoms with Gasteiger partial charge in [-0.05, 0) is 37.5 Å². The van der Waals surface area contributed by atoms with E-state index < -0.39 is 23.3 Å². The Morgan fingerprint density at radius 3 is 2.38 bits per heavy atom. The molecule has 0 amide bonds. The van der Waals surface area contributed by atoms with Crippen LogP contribution in [0.1, 0.15) is 51.0 Å². The number of benzene rings is 1. The highest BCUT2D eigenvalue weighted by Gasteiger charge is 2.38. The molecule has 1 aliphatic carbocycles. The second-order valence-corrected chi connectivity index (χ2v) is 5.88. The number of ether oxygens (including phenoxy) is 1. The van der Waals surface area contributed by atoms with Crippen molar-refractivity contribution in [3.8, 4) is 0 Å². The molecule has 1 saturated carbocycles. The molecule has 0 aromatic heterocycles. The lowest BCUT2D eigenvalue weighted by atomic mass is 9.84. The van der Waals surface area contributed by atoms with E-state index in [9.17, 15) is 13.9 Å². The van der Waals surface area contributed by atoms with Crippen LogP contribution in [0.15, 0.2) is 18.2 Å². The fourth-order valence-electron chi connectivity index (χ4n) is 3.26. The summed E-state index contributed by atoms with van der Waals surface area (Å²) in [7, 11) is 0. The summed E-state index contributed by atoms with van der Waals surface area (Å²) in [5.74, 6) is -1.73. The molecule has 1 aromatic carbocycles. The average molecular weight is 298 g/mol. The summed E-state index contributed by atoms with van der Waals surface area (Å²) in [6.45, 7) is 2.48. The van der Waals surface area contributed by atoms with Gasteiger partial charge in [0, 0.05) is 13.0 Å². The fourth-order valence-corrected chi connectivity index (χ4v) is 3.26. The SMILES string of the molecule is CCOC1(C(O)Cc2ccc(F)c(F)c2)CCCCCC1. The Balaban J connectivity index is 2.13. The molecule has 2 rings (SSSR count). The smallest absolute Gasteiger partial charge is 0.159 e. The van der Waals surface area contributed by atoms with E-state index in [1.165, 1.54) is 6.07 Å². The van der Waals surface area contributed by atoms with Gasteiger partial charge in [-0.25, -0.2) is 8.78 Å². The average Bonchev–Trinajstić information content (AvgIpc) is 2.70. The maximum Gasteiger partial charge on any atom is 0.159 e. The van der Waals surface area contributed by atoms with Crippen molar-refractivity contribution in [3.63, 3.8) is 0 Å². The van der Waals surface area contributed by atoms with E-state index in [1.807, 2.05) is 6.92 Å². The van der Waals surface area contributed by atoms with Crippen molar-refractivity contribution in [2.75, 3.05) is 6.61 Å². The molecule has 1 aromatic rings. The zero-order valence-electron chi connectivity index (χ0n) is 12.6. The summed E-state index contributed by atoms with van der Waals surface area (Å²) in [5.41, 5.74) is 0.0561. The first kappa shape index (κ1) is 16.4. The van der Waals surface area contributed by atoms with E-state index in [2.05, 4.69) is 0 Å². The van der Waals surface area contributed by atoms with Gasteiger partial charge in [-0.15, -0.1) is 0 Å². The van der Waals surface area contributed by atoms with Crippen molar-refractivity contribution in [3.05, 3.63) is 35.4 Å². The van der Waals surface area contributed by atoms with Crippen molar-refractivity contribution < 1.29 is 18.6 Å². The zero-order chi connectivity index (χ0) is 15.3. The molecule has 0 radical (unpaired) electrons. The minimum Gasteiger partial charge on any atom is -0.390 e. The molecule has 1 atom stereocenters. The Hall–Kier alpha value is -1.00. The van der Waals surface area contributed by atoms with E-state index in [1.54, 1.807) is 0 Å². The largest absolute Gasteiger partial charge is 0.390 e. The van der Waals surface area contributed by atoms with Gasteiger partial charge >= 0.3 is 0 Å². The summed E-state index contributed by atoms with van der Waals surface area (Å²) in [6.07, 6.45) is 5.64. The van der Waals surface area contributed by atoms with Gasteiger partial charge in [-0.3, -0.25) is 0 Å². The monoisotopic (exact) mass is 298 g/mol. The van der Waals surface area contributed by atoms with Gasteiger partial charge in [0.25, 0.3) is 0 Å². The summed E-state index contributed by atoms with van der Waals surface area (Å²) in [4.78, 5) is 0. The third kappa shape index (κ3) is 4.01. The van der Waals surface area contributed by atoms with E-state index in [0.29, 0.717) is 12.2 Å². The third-order valence-electron chi connectivity index (χ3n) is 4.40. The van der Waals surface area contributed by atoms with Gasteiger partial charge in [0.1, 0.15) is 0 Å². The highest BCUT2D eigenvalue weighted by atomic mass is 19.2. The van der Waals surface area contributed by atoms with Crippen molar-refractivity contribution in [1.82, 2.24) is 0 Å². The molecule has 0 bridgehead atoms. The second kappa shape index (κ2) is 7.32. The first-order valence-corrected chi connectivity index (χ1v) is 7.83. The molecule has 4 heteroatoms. The van der Waals surface area contributed by atoms with Gasteiger partial charge in [0.05, 0.1) is 11.7 Å². The van der Waals surface area contributed by atoms with Crippen molar-refractivity contribution in [2.24, 2.45) is 0 Å². The molecule has 1 unspecified atom stereocenters. The summed E-state index contributed by atoms with van der Waals surface area (Å²) >= 11 is 0. The summed E-state index contributed by atoms with van der Waals surface area (Å²) in [6, 6.07) is 3.80. The van der Waals surface area contributed by atoms with Crippen molar-refractivity contribution in [1.29, 1.82) is 0 Å². The number of hydrogen-bond acceptors (Lipinski definition) is 2. The molecule has 0 spiro atoms. The van der Waals surface area contributed by atoms with E-state index in [-0.39, 0.29) is 6.42 Å². The van der Waals surface area contributed by atoms with Crippen molar-refractivity contribution >= 4 is 0 Å². The van der Waals surface area contributed by atoms with Crippen LogP contribution in [0.4, 0.5) is 8.78 Å². The molecule has 0 heterocycles. The fraction of sp³-hybridized carbons (Fsp3) is 0.647. The standard InChI is InChI=1S/C17H24F2O2/c1-2-21-17(9-5-3-4-6-10-17)16(20)12-13-7-8-14(18)15(19)11-13/h7-8,11,16,20H,2-6,9-10,12H2,1H3. The molecule has 1 aliphatic rings. The van der Waals surface area contributed by atoms with Crippen LogP contribution in [-0.2, 0) is 11.2 Å². The first-order chi connectivity index (χ1) is 10.1. The van der Waals surface area contributed by atoms with Gasteiger partial charge in [0.15, 0.2) is 11.6 Å². The lowest BCUT2D eigenvalue weighted by molar-refractivity contribution is -0.128. The molecule has 0 aliphatic heterocycles. The second-order valence-electron chi connectivity index (χ2n) is 5.88. The van der Waals surface area contributed by atoms with Crippen LogP contribution in [-0.4, -0.2) is 23.4 Å². The molecule has 1 N–H and O–H groups in total. The quantitative estimate of drug-likeness (QED) is 0.833. The molecular weight excluding hydrogens is 274 g/mol. The van der Waals surface area contributed by atoms with Crippen LogP contribution < -0.4 is 0 Å². The van der Waals surface area contributed by atoms with Crippen LogP contribution in [0.5, 0.6) is 0 Å². The number of aliphatic hydroxyl groups excluding tert-OH is 1. The predicted octanol–water partition coefficient (Wildman–Crippen LogP) is 4.00. The normalized spacial score (nSPS) is 20.0. The van der Waals surface area contributed by atoms with E-state index in [4.69, 9.17) is 4.74 Å². The highest BCUT2D eigenvalue weighted by Crippen LogP contribution is 2.35. The maximum atomic E-state index is 13.3. The Morgan fingerprint density at radius 1 is 1.14 bits per heavy atom. The minimum absolute atomic E-state index is 0.289. The van der Waals surface area contributed by atoms with Crippen LogP contribution in [0.3, 0.4) is 0 Å². The predicted molar refractivity (Wildman–Crippen MR) is 78.1 cm³/mol. The van der Waals surface area contributed by atoms with Crippen LogP contribution in [0.2, 0.25) is 0 Å².